The lowest BCUT2D eigenvalue weighted by Gasteiger charge is -2.19. The second-order valence-corrected chi connectivity index (χ2v) is 4.57. The quantitative estimate of drug-likeness (QED) is 0.520. The molecular weight excluding hydrogens is 286 g/mol. The Morgan fingerprint density at radius 3 is 2.38 bits per heavy atom. The minimum Gasteiger partial charge on any atom is -0.271 e. The predicted molar refractivity (Wildman–Crippen MR) is 69.5 cm³/mol. The first kappa shape index (κ1) is 15.4. The topological polar surface area (TPSA) is 50.9 Å². The molecule has 0 radical (unpaired) electrons. The van der Waals surface area contributed by atoms with Gasteiger partial charge in [-0.25, -0.2) is 9.82 Å². The van der Waals surface area contributed by atoms with Crippen molar-refractivity contribution < 1.29 is 17.6 Å². The molecule has 21 heavy (non-hydrogen) atoms. The molecule has 7 heteroatoms. The summed E-state index contributed by atoms with van der Waals surface area (Å²) in [4.78, 5) is 4.01. The molecule has 0 fully saturated rings. The van der Waals surface area contributed by atoms with E-state index in [-0.39, 0.29) is 5.56 Å². The number of benzene rings is 1. The van der Waals surface area contributed by atoms with Crippen LogP contribution in [0, 0.1) is 12.7 Å². The van der Waals surface area contributed by atoms with Crippen molar-refractivity contribution in [3.8, 4) is 0 Å². The van der Waals surface area contributed by atoms with E-state index in [2.05, 4.69) is 10.4 Å². The Morgan fingerprint density at radius 2 is 1.81 bits per heavy atom. The molecule has 0 amide bonds. The molecule has 0 saturated carbocycles. The first-order valence-corrected chi connectivity index (χ1v) is 6.08. The van der Waals surface area contributed by atoms with E-state index in [1.807, 2.05) is 0 Å². The summed E-state index contributed by atoms with van der Waals surface area (Å²) in [5, 5.41) is 0. The Balaban J connectivity index is 2.49. The van der Waals surface area contributed by atoms with E-state index in [0.717, 1.165) is 12.1 Å². The molecule has 0 saturated heterocycles. The largest absolute Gasteiger partial charge is 0.419 e. The highest BCUT2D eigenvalue weighted by Crippen LogP contribution is 2.34. The fourth-order valence-electron chi connectivity index (χ4n) is 2.07. The van der Waals surface area contributed by atoms with Crippen LogP contribution in [0.2, 0.25) is 0 Å². The maximum Gasteiger partial charge on any atom is 0.419 e. The highest BCUT2D eigenvalue weighted by atomic mass is 19.4. The van der Waals surface area contributed by atoms with Gasteiger partial charge >= 0.3 is 6.18 Å². The van der Waals surface area contributed by atoms with Crippen molar-refractivity contribution in [2.24, 2.45) is 5.84 Å². The van der Waals surface area contributed by atoms with Gasteiger partial charge in [0.1, 0.15) is 5.82 Å². The molecule has 3 nitrogen and oxygen atoms in total. The normalized spacial score (nSPS) is 13.2. The Hall–Kier alpha value is -1.99. The zero-order chi connectivity index (χ0) is 15.6. The zero-order valence-electron chi connectivity index (χ0n) is 11.1. The summed E-state index contributed by atoms with van der Waals surface area (Å²) in [6.07, 6.45) is -3.23. The molecule has 1 aromatic heterocycles. The number of nitrogens with two attached hydrogens (primary N) is 1. The van der Waals surface area contributed by atoms with Gasteiger partial charge in [-0.15, -0.1) is 0 Å². The standard InChI is InChI=1S/C14H13F4N3/c1-8-6-10(4-5-20-8)13(21-19)9-2-3-12(15)11(7-9)14(16,17)18/h2-7,13,21H,19H2,1H3. The van der Waals surface area contributed by atoms with Crippen LogP contribution in [0.4, 0.5) is 17.6 Å². The van der Waals surface area contributed by atoms with E-state index in [1.165, 1.54) is 12.3 Å². The summed E-state index contributed by atoms with van der Waals surface area (Å²) >= 11 is 0. The molecule has 2 aromatic rings. The molecule has 3 N–H and O–H groups in total. The van der Waals surface area contributed by atoms with Gasteiger partial charge in [0.15, 0.2) is 0 Å². The number of hydrogen-bond acceptors (Lipinski definition) is 3. The third-order valence-electron chi connectivity index (χ3n) is 3.05. The number of hydrogen-bond donors (Lipinski definition) is 2. The monoisotopic (exact) mass is 299 g/mol. The molecule has 1 unspecified atom stereocenters. The predicted octanol–water partition coefficient (Wildman–Crippen LogP) is 3.10. The molecule has 0 spiro atoms. The van der Waals surface area contributed by atoms with Gasteiger partial charge in [-0.2, -0.15) is 13.2 Å². The number of pyridine rings is 1. The van der Waals surface area contributed by atoms with Crippen LogP contribution in [-0.4, -0.2) is 4.98 Å². The molecule has 2 rings (SSSR count). The second kappa shape index (κ2) is 5.79. The highest BCUT2D eigenvalue weighted by Gasteiger charge is 2.34. The lowest BCUT2D eigenvalue weighted by atomic mass is 9.97. The maximum absolute atomic E-state index is 13.3. The SMILES string of the molecule is Cc1cc(C(NN)c2ccc(F)c(C(F)(F)F)c2)ccn1. The van der Waals surface area contributed by atoms with E-state index in [9.17, 15) is 17.6 Å². The van der Waals surface area contributed by atoms with Crippen molar-refractivity contribution in [2.75, 3.05) is 0 Å². The van der Waals surface area contributed by atoms with Crippen molar-refractivity contribution in [2.45, 2.75) is 19.1 Å². The minimum absolute atomic E-state index is 0.219. The van der Waals surface area contributed by atoms with Crippen molar-refractivity contribution in [1.82, 2.24) is 10.4 Å². The Morgan fingerprint density at radius 1 is 1.14 bits per heavy atom. The average Bonchev–Trinajstić information content (AvgIpc) is 2.40. The number of hydrazine groups is 1. The van der Waals surface area contributed by atoms with Gasteiger partial charge < -0.3 is 0 Å². The van der Waals surface area contributed by atoms with Gasteiger partial charge in [0, 0.05) is 11.9 Å². The fraction of sp³-hybridized carbons (Fsp3) is 0.214. The molecule has 1 heterocycles. The average molecular weight is 299 g/mol. The number of aryl methyl sites for hydroxylation is 1. The summed E-state index contributed by atoms with van der Waals surface area (Å²) in [5.41, 5.74) is 2.69. The van der Waals surface area contributed by atoms with Crippen molar-refractivity contribution in [3.05, 3.63) is 64.7 Å². The van der Waals surface area contributed by atoms with E-state index < -0.39 is 23.6 Å². The van der Waals surface area contributed by atoms with Gasteiger partial charge in [-0.3, -0.25) is 10.8 Å². The van der Waals surface area contributed by atoms with Crippen LogP contribution in [0.25, 0.3) is 0 Å². The number of aromatic nitrogens is 1. The third-order valence-corrected chi connectivity index (χ3v) is 3.05. The molecule has 0 aliphatic carbocycles. The Kier molecular flexibility index (Phi) is 4.24. The van der Waals surface area contributed by atoms with Crippen LogP contribution >= 0.6 is 0 Å². The first-order valence-electron chi connectivity index (χ1n) is 6.08. The van der Waals surface area contributed by atoms with E-state index >= 15 is 0 Å². The summed E-state index contributed by atoms with van der Waals surface area (Å²) in [6, 6.07) is 5.46. The van der Waals surface area contributed by atoms with Crippen LogP contribution in [-0.2, 0) is 6.18 Å². The molecule has 1 aromatic carbocycles. The van der Waals surface area contributed by atoms with Gasteiger partial charge in [-0.1, -0.05) is 6.07 Å². The summed E-state index contributed by atoms with van der Waals surface area (Å²) < 4.78 is 51.6. The smallest absolute Gasteiger partial charge is 0.271 e. The van der Waals surface area contributed by atoms with Crippen LogP contribution in [0.5, 0.6) is 0 Å². The molecule has 112 valence electrons. The molecular formula is C14H13F4N3. The van der Waals surface area contributed by atoms with Crippen LogP contribution in [0.3, 0.4) is 0 Å². The molecule has 0 bridgehead atoms. The fourth-order valence-corrected chi connectivity index (χ4v) is 2.07. The van der Waals surface area contributed by atoms with Crippen molar-refractivity contribution >= 4 is 0 Å². The minimum atomic E-state index is -4.76. The Bertz CT molecular complexity index is 640. The van der Waals surface area contributed by atoms with Crippen LogP contribution in [0.1, 0.15) is 28.4 Å². The van der Waals surface area contributed by atoms with Gasteiger partial charge in [-0.05, 0) is 42.3 Å². The summed E-state index contributed by atoms with van der Waals surface area (Å²) in [5.74, 6) is 4.13. The summed E-state index contributed by atoms with van der Waals surface area (Å²) in [7, 11) is 0. The Labute approximate surface area is 118 Å². The second-order valence-electron chi connectivity index (χ2n) is 4.57. The van der Waals surface area contributed by atoms with Gasteiger partial charge in [0.2, 0.25) is 0 Å². The molecule has 1 atom stereocenters. The third kappa shape index (κ3) is 3.37. The van der Waals surface area contributed by atoms with Crippen molar-refractivity contribution in [3.63, 3.8) is 0 Å². The number of nitrogens with one attached hydrogen (secondary N) is 1. The molecule has 0 aliphatic heterocycles. The van der Waals surface area contributed by atoms with E-state index in [4.69, 9.17) is 5.84 Å². The summed E-state index contributed by atoms with van der Waals surface area (Å²) in [6.45, 7) is 1.75. The van der Waals surface area contributed by atoms with E-state index in [1.54, 1.807) is 19.1 Å². The van der Waals surface area contributed by atoms with Gasteiger partial charge in [0.05, 0.1) is 11.6 Å². The van der Waals surface area contributed by atoms with Crippen LogP contribution in [0.15, 0.2) is 36.5 Å². The number of halogens is 4. The number of rotatable bonds is 3. The molecule has 0 aliphatic rings. The van der Waals surface area contributed by atoms with Crippen molar-refractivity contribution in [1.29, 1.82) is 0 Å². The number of alkyl halides is 3. The van der Waals surface area contributed by atoms with Crippen LogP contribution < -0.4 is 11.3 Å². The van der Waals surface area contributed by atoms with E-state index in [0.29, 0.717) is 11.3 Å². The lowest BCUT2D eigenvalue weighted by molar-refractivity contribution is -0.140. The number of nitrogens with zero attached hydrogens (tertiary/aromatic N) is 1. The maximum atomic E-state index is 13.3. The highest BCUT2D eigenvalue weighted by molar-refractivity contribution is 5.35. The lowest BCUT2D eigenvalue weighted by Crippen LogP contribution is -2.29. The zero-order valence-corrected chi connectivity index (χ0v) is 11.1. The van der Waals surface area contributed by atoms with Gasteiger partial charge in [0.25, 0.3) is 0 Å². The first-order chi connectivity index (χ1) is 9.82.